The number of thiocarbonyl (C=S) groups is 1. The molecule has 0 aliphatic rings. The van der Waals surface area contributed by atoms with E-state index >= 15 is 0 Å². The molecule has 0 saturated carbocycles. The average molecular weight is 194 g/mol. The van der Waals surface area contributed by atoms with E-state index in [4.69, 9.17) is 4.74 Å². The maximum atomic E-state index is 5.01. The first-order valence-corrected chi connectivity index (χ1v) is 3.60. The molecule has 0 radical (unpaired) electrons. The minimum atomic E-state index is 0. The summed E-state index contributed by atoms with van der Waals surface area (Å²) in [6.45, 7) is 0. The van der Waals surface area contributed by atoms with Crippen molar-refractivity contribution in [2.24, 2.45) is 0 Å². The van der Waals surface area contributed by atoms with Crippen LogP contribution in [0.2, 0.25) is 0 Å². The monoisotopic (exact) mass is 194 g/mol. The van der Waals surface area contributed by atoms with Crippen LogP contribution < -0.4 is 4.74 Å². The van der Waals surface area contributed by atoms with Gasteiger partial charge in [-0.3, -0.25) is 0 Å². The zero-order chi connectivity index (χ0) is 7.40. The molecule has 0 heterocycles. The van der Waals surface area contributed by atoms with Crippen molar-refractivity contribution < 1.29 is 4.74 Å². The van der Waals surface area contributed by atoms with Gasteiger partial charge in [0.25, 0.3) is 0 Å². The van der Waals surface area contributed by atoms with Crippen LogP contribution in [0, 0.1) is 0 Å². The molecule has 1 rings (SSSR count). The van der Waals surface area contributed by atoms with Gasteiger partial charge in [-0.1, -0.05) is 30.8 Å². The van der Waals surface area contributed by atoms with E-state index in [0.717, 1.165) is 5.75 Å². The van der Waals surface area contributed by atoms with Gasteiger partial charge in [0.2, 0.25) is 4.38 Å². The van der Waals surface area contributed by atoms with E-state index in [1.165, 1.54) is 0 Å². The minimum absolute atomic E-state index is 0. The Balaban J connectivity index is 0.000001000. The molecule has 54 valence electrons. The molecule has 0 aliphatic carbocycles. The summed E-state index contributed by atoms with van der Waals surface area (Å²) in [6, 6.07) is 9.31. The van der Waals surface area contributed by atoms with E-state index in [9.17, 15) is 0 Å². The molecule has 1 aromatic rings. The third-order valence-corrected chi connectivity index (χ3v) is 1.12. The molecule has 0 aliphatic heterocycles. The molecule has 0 aromatic heterocycles. The first-order chi connectivity index (χ1) is 4.79. The second-order valence-electron chi connectivity index (χ2n) is 1.68. The average Bonchev–Trinajstić information content (AvgIpc) is 1.88. The summed E-state index contributed by atoms with van der Waals surface area (Å²) in [5.74, 6) is 0.725. The van der Waals surface area contributed by atoms with E-state index in [-0.39, 0.29) is 33.9 Å². The Bertz CT molecular complexity index is 225. The van der Waals surface area contributed by atoms with Gasteiger partial charge in [-0.05, 0) is 24.4 Å². The number of para-hydroxylation sites is 1. The van der Waals surface area contributed by atoms with Crippen LogP contribution in [-0.2, 0) is 0 Å². The molecular weight excluding hydrogens is 187 g/mol. The Morgan fingerprint density at radius 1 is 1.27 bits per heavy atom. The molecular formula is C7H7NaOS2. The molecule has 11 heavy (non-hydrogen) atoms. The third kappa shape index (κ3) is 4.82. The number of benzene rings is 1. The van der Waals surface area contributed by atoms with Crippen LogP contribution in [0.4, 0.5) is 0 Å². The summed E-state index contributed by atoms with van der Waals surface area (Å²) in [5, 5.41) is 0. The van der Waals surface area contributed by atoms with Gasteiger partial charge < -0.3 is 4.74 Å². The molecule has 0 unspecified atom stereocenters. The number of hydrogen-bond acceptors (Lipinski definition) is 2. The molecule has 0 fully saturated rings. The van der Waals surface area contributed by atoms with Crippen molar-refractivity contribution in [3.8, 4) is 5.75 Å². The number of rotatable bonds is 1. The molecule has 1 nitrogen and oxygen atoms in total. The molecule has 0 saturated heterocycles. The zero-order valence-corrected chi connectivity index (χ0v) is 6.86. The van der Waals surface area contributed by atoms with Crippen LogP contribution in [0.1, 0.15) is 0 Å². The molecule has 0 atom stereocenters. The SMILES string of the molecule is S=C(S)Oc1ccccc1.[NaH]. The normalized spacial score (nSPS) is 8.09. The van der Waals surface area contributed by atoms with Crippen LogP contribution >= 0.6 is 24.8 Å². The third-order valence-electron chi connectivity index (χ3n) is 0.948. The van der Waals surface area contributed by atoms with Crippen molar-refractivity contribution in [2.75, 3.05) is 0 Å². The summed E-state index contributed by atoms with van der Waals surface area (Å²) in [4.78, 5) is 0. The van der Waals surface area contributed by atoms with Crippen LogP contribution in [0.25, 0.3) is 0 Å². The number of ether oxygens (including phenoxy) is 1. The second kappa shape index (κ2) is 6.03. The van der Waals surface area contributed by atoms with E-state index in [1.807, 2.05) is 30.3 Å². The number of hydrogen-bond donors (Lipinski definition) is 1. The van der Waals surface area contributed by atoms with Crippen LogP contribution in [0.5, 0.6) is 5.75 Å². The molecule has 0 spiro atoms. The Labute approximate surface area is 98.8 Å². The predicted octanol–water partition coefficient (Wildman–Crippen LogP) is 1.63. The van der Waals surface area contributed by atoms with Crippen molar-refractivity contribution in [2.45, 2.75) is 0 Å². The quantitative estimate of drug-likeness (QED) is 0.413. The van der Waals surface area contributed by atoms with Crippen LogP contribution in [0.3, 0.4) is 0 Å². The second-order valence-corrected chi connectivity index (χ2v) is 2.76. The van der Waals surface area contributed by atoms with Crippen molar-refractivity contribution in [1.29, 1.82) is 0 Å². The summed E-state index contributed by atoms with van der Waals surface area (Å²) >= 11 is 8.44. The predicted molar refractivity (Wildman–Crippen MR) is 55.8 cm³/mol. The van der Waals surface area contributed by atoms with E-state index in [0.29, 0.717) is 0 Å². The topological polar surface area (TPSA) is 9.23 Å². The molecule has 1 aromatic carbocycles. The van der Waals surface area contributed by atoms with Gasteiger partial charge in [0.1, 0.15) is 5.75 Å². The summed E-state index contributed by atoms with van der Waals surface area (Å²) < 4.78 is 5.25. The van der Waals surface area contributed by atoms with E-state index < -0.39 is 0 Å². The zero-order valence-electron chi connectivity index (χ0n) is 5.15. The van der Waals surface area contributed by atoms with Gasteiger partial charge in [-0.25, -0.2) is 0 Å². The molecule has 4 heteroatoms. The van der Waals surface area contributed by atoms with Crippen molar-refractivity contribution in [3.63, 3.8) is 0 Å². The summed E-state index contributed by atoms with van der Waals surface area (Å²) in [7, 11) is 0. The van der Waals surface area contributed by atoms with Gasteiger partial charge in [0.05, 0.1) is 0 Å². The van der Waals surface area contributed by atoms with Gasteiger partial charge in [0.15, 0.2) is 0 Å². The maximum absolute atomic E-state index is 5.01. The van der Waals surface area contributed by atoms with Crippen LogP contribution in [0.15, 0.2) is 30.3 Å². The van der Waals surface area contributed by atoms with Crippen molar-refractivity contribution in [3.05, 3.63) is 30.3 Å². The Morgan fingerprint density at radius 2 is 1.82 bits per heavy atom. The fraction of sp³-hybridized carbons (Fsp3) is 0. The van der Waals surface area contributed by atoms with Gasteiger partial charge >= 0.3 is 29.6 Å². The molecule has 0 amide bonds. The van der Waals surface area contributed by atoms with Gasteiger partial charge in [0, 0.05) is 0 Å². The number of thiol groups is 1. The summed E-state index contributed by atoms with van der Waals surface area (Å²) in [6.07, 6.45) is 0. The Hall–Kier alpha value is 0.460. The molecule has 0 N–H and O–H groups in total. The molecule has 0 bridgehead atoms. The first kappa shape index (κ1) is 11.5. The van der Waals surface area contributed by atoms with E-state index in [2.05, 4.69) is 24.8 Å². The van der Waals surface area contributed by atoms with Gasteiger partial charge in [-0.15, -0.1) is 0 Å². The van der Waals surface area contributed by atoms with Crippen molar-refractivity contribution >= 4 is 58.8 Å². The van der Waals surface area contributed by atoms with Crippen LogP contribution in [-0.4, -0.2) is 33.9 Å². The fourth-order valence-corrected chi connectivity index (χ4v) is 0.791. The Morgan fingerprint density at radius 3 is 2.27 bits per heavy atom. The summed E-state index contributed by atoms with van der Waals surface area (Å²) in [5.41, 5.74) is 0. The van der Waals surface area contributed by atoms with E-state index in [1.54, 1.807) is 0 Å². The Kier molecular flexibility index (Phi) is 6.28. The fourth-order valence-electron chi connectivity index (χ4n) is 0.589. The van der Waals surface area contributed by atoms with Gasteiger partial charge in [-0.2, -0.15) is 0 Å². The van der Waals surface area contributed by atoms with Crippen molar-refractivity contribution in [1.82, 2.24) is 0 Å². The standard InChI is InChI=1S/C7H6OS2.Na.H/c9-7(10)8-6-4-2-1-3-5-6;;/h1-5H,(H,9,10);;. The first-order valence-electron chi connectivity index (χ1n) is 2.75.